The fourth-order valence-corrected chi connectivity index (χ4v) is 1.60. The number of hydrogen-bond acceptors (Lipinski definition) is 4. The van der Waals surface area contributed by atoms with Crippen molar-refractivity contribution in [3.8, 4) is 12.3 Å². The Balaban J connectivity index is 2.29. The normalized spacial score (nSPS) is 22.0. The van der Waals surface area contributed by atoms with Crippen LogP contribution in [0.3, 0.4) is 0 Å². The quantitative estimate of drug-likeness (QED) is 0.494. The first kappa shape index (κ1) is 12.0. The fourth-order valence-electron chi connectivity index (χ4n) is 1.60. The van der Waals surface area contributed by atoms with Gasteiger partial charge in [-0.15, -0.1) is 12.3 Å². The van der Waals surface area contributed by atoms with Crippen LogP contribution in [0.2, 0.25) is 0 Å². The van der Waals surface area contributed by atoms with Crippen LogP contribution in [-0.2, 0) is 14.3 Å². The van der Waals surface area contributed by atoms with E-state index in [4.69, 9.17) is 11.2 Å². The third kappa shape index (κ3) is 4.32. The number of carbonyl (C=O) groups excluding carboxylic acids is 1. The van der Waals surface area contributed by atoms with Gasteiger partial charge < -0.3 is 9.47 Å². The first-order chi connectivity index (χ1) is 7.26. The maximum Gasteiger partial charge on any atom is 0.308 e. The zero-order chi connectivity index (χ0) is 11.1. The molecule has 0 aromatic heterocycles. The van der Waals surface area contributed by atoms with Crippen LogP contribution in [0.25, 0.3) is 0 Å². The molecule has 1 unspecified atom stereocenters. The largest absolute Gasteiger partial charge is 0.469 e. The lowest BCUT2D eigenvalue weighted by Gasteiger charge is -2.31. The highest BCUT2D eigenvalue weighted by atomic mass is 16.5. The Morgan fingerprint density at radius 1 is 1.73 bits per heavy atom. The number of nitrogens with zero attached hydrogens (tertiary/aromatic N) is 1. The summed E-state index contributed by atoms with van der Waals surface area (Å²) in [5, 5.41) is 0. The Bertz CT molecular complexity index is 247. The highest BCUT2D eigenvalue weighted by molar-refractivity contribution is 5.69. The van der Waals surface area contributed by atoms with Gasteiger partial charge in [-0.25, -0.2) is 0 Å². The topological polar surface area (TPSA) is 38.8 Å². The molecule has 1 rings (SSSR count). The number of ether oxygens (including phenoxy) is 2. The summed E-state index contributed by atoms with van der Waals surface area (Å²) in [5.74, 6) is 2.38. The van der Waals surface area contributed by atoms with Gasteiger partial charge in [0.2, 0.25) is 0 Å². The highest BCUT2D eigenvalue weighted by Crippen LogP contribution is 2.09. The van der Waals surface area contributed by atoms with Crippen molar-refractivity contribution in [2.24, 2.45) is 0 Å². The average molecular weight is 211 g/mol. The number of carbonyl (C=O) groups is 1. The molecule has 1 aliphatic rings. The molecule has 0 aromatic rings. The molecule has 84 valence electrons. The van der Waals surface area contributed by atoms with Gasteiger partial charge in [0, 0.05) is 26.1 Å². The van der Waals surface area contributed by atoms with E-state index in [0.29, 0.717) is 13.0 Å². The van der Waals surface area contributed by atoms with Crippen molar-refractivity contribution in [3.63, 3.8) is 0 Å². The van der Waals surface area contributed by atoms with E-state index < -0.39 is 0 Å². The standard InChI is InChI=1S/C11H17NO3/c1-3-4-5-12-6-7-15-10(9-12)8-11(13)14-2/h1,10H,4-9H2,2H3. The van der Waals surface area contributed by atoms with Gasteiger partial charge >= 0.3 is 5.97 Å². The summed E-state index contributed by atoms with van der Waals surface area (Å²) >= 11 is 0. The van der Waals surface area contributed by atoms with Crippen LogP contribution >= 0.6 is 0 Å². The molecule has 4 heteroatoms. The monoisotopic (exact) mass is 211 g/mol. The summed E-state index contributed by atoms with van der Waals surface area (Å²) in [6, 6.07) is 0. The molecule has 0 radical (unpaired) electrons. The number of hydrogen-bond donors (Lipinski definition) is 0. The lowest BCUT2D eigenvalue weighted by Crippen LogP contribution is -2.43. The molecule has 0 saturated carbocycles. The van der Waals surface area contributed by atoms with E-state index in [2.05, 4.69) is 15.6 Å². The van der Waals surface area contributed by atoms with Gasteiger partial charge in [-0.2, -0.15) is 0 Å². The number of esters is 1. The predicted octanol–water partition coefficient (Wildman–Crippen LogP) is 0.274. The molecule has 0 aromatic carbocycles. The first-order valence-electron chi connectivity index (χ1n) is 5.10. The third-order valence-electron chi connectivity index (χ3n) is 2.42. The zero-order valence-corrected chi connectivity index (χ0v) is 9.07. The Kier molecular flexibility index (Phi) is 5.16. The van der Waals surface area contributed by atoms with Crippen LogP contribution < -0.4 is 0 Å². The molecular weight excluding hydrogens is 194 g/mol. The van der Waals surface area contributed by atoms with E-state index >= 15 is 0 Å². The van der Waals surface area contributed by atoms with E-state index in [1.807, 2.05) is 0 Å². The van der Waals surface area contributed by atoms with Gasteiger partial charge in [0.15, 0.2) is 0 Å². The summed E-state index contributed by atoms with van der Waals surface area (Å²) in [6.07, 6.45) is 6.21. The molecular formula is C11H17NO3. The van der Waals surface area contributed by atoms with Crippen LogP contribution in [0.5, 0.6) is 0 Å². The van der Waals surface area contributed by atoms with Crippen molar-refractivity contribution in [2.45, 2.75) is 18.9 Å². The van der Waals surface area contributed by atoms with Gasteiger partial charge in [-0.1, -0.05) is 0 Å². The minimum atomic E-state index is -0.223. The van der Waals surface area contributed by atoms with Crippen molar-refractivity contribution in [1.29, 1.82) is 0 Å². The van der Waals surface area contributed by atoms with Crippen molar-refractivity contribution >= 4 is 5.97 Å². The van der Waals surface area contributed by atoms with Gasteiger partial charge in [0.1, 0.15) is 0 Å². The Morgan fingerprint density at radius 2 is 2.53 bits per heavy atom. The molecule has 1 fully saturated rings. The van der Waals surface area contributed by atoms with Crippen molar-refractivity contribution in [3.05, 3.63) is 0 Å². The van der Waals surface area contributed by atoms with E-state index in [1.54, 1.807) is 0 Å². The summed E-state index contributed by atoms with van der Waals surface area (Å²) in [7, 11) is 1.39. The average Bonchev–Trinajstić information content (AvgIpc) is 2.26. The number of terminal acetylenes is 1. The van der Waals surface area contributed by atoms with E-state index in [0.717, 1.165) is 26.1 Å². The summed E-state index contributed by atoms with van der Waals surface area (Å²) in [5.41, 5.74) is 0. The SMILES string of the molecule is C#CCCN1CCOC(CC(=O)OC)C1. The van der Waals surface area contributed by atoms with Gasteiger partial charge in [-0.3, -0.25) is 9.69 Å². The minimum Gasteiger partial charge on any atom is -0.469 e. The third-order valence-corrected chi connectivity index (χ3v) is 2.42. The summed E-state index contributed by atoms with van der Waals surface area (Å²) < 4.78 is 10.1. The van der Waals surface area contributed by atoms with E-state index in [-0.39, 0.29) is 12.1 Å². The minimum absolute atomic E-state index is 0.0519. The van der Waals surface area contributed by atoms with E-state index in [9.17, 15) is 4.79 Å². The maximum absolute atomic E-state index is 11.0. The molecule has 0 amide bonds. The molecule has 4 nitrogen and oxygen atoms in total. The smallest absolute Gasteiger partial charge is 0.308 e. The molecule has 1 atom stereocenters. The fraction of sp³-hybridized carbons (Fsp3) is 0.727. The molecule has 1 aliphatic heterocycles. The molecule has 1 heterocycles. The number of methoxy groups -OCH3 is 1. The van der Waals surface area contributed by atoms with Crippen LogP contribution in [0.15, 0.2) is 0 Å². The second-order valence-electron chi connectivity index (χ2n) is 3.53. The molecule has 1 saturated heterocycles. The summed E-state index contributed by atoms with van der Waals surface area (Å²) in [6.45, 7) is 3.18. The molecule has 0 bridgehead atoms. The van der Waals surface area contributed by atoms with Crippen LogP contribution in [0.1, 0.15) is 12.8 Å². The van der Waals surface area contributed by atoms with Gasteiger partial charge in [0.05, 0.1) is 26.2 Å². The molecule has 0 spiro atoms. The Labute approximate surface area is 90.5 Å². The number of rotatable bonds is 4. The van der Waals surface area contributed by atoms with Crippen LogP contribution in [0.4, 0.5) is 0 Å². The molecule has 15 heavy (non-hydrogen) atoms. The highest BCUT2D eigenvalue weighted by Gasteiger charge is 2.22. The predicted molar refractivity (Wildman–Crippen MR) is 56.3 cm³/mol. The Hall–Kier alpha value is -1.05. The van der Waals surface area contributed by atoms with Crippen molar-refractivity contribution in [1.82, 2.24) is 4.90 Å². The van der Waals surface area contributed by atoms with E-state index in [1.165, 1.54) is 7.11 Å². The lowest BCUT2D eigenvalue weighted by atomic mass is 10.2. The Morgan fingerprint density at radius 3 is 3.20 bits per heavy atom. The van der Waals surface area contributed by atoms with Gasteiger partial charge in [0.25, 0.3) is 0 Å². The second kappa shape index (κ2) is 6.44. The van der Waals surface area contributed by atoms with Crippen LogP contribution in [-0.4, -0.2) is 50.3 Å². The first-order valence-corrected chi connectivity index (χ1v) is 5.10. The summed E-state index contributed by atoms with van der Waals surface area (Å²) in [4.78, 5) is 13.3. The molecule has 0 aliphatic carbocycles. The maximum atomic E-state index is 11.0. The zero-order valence-electron chi connectivity index (χ0n) is 9.07. The van der Waals surface area contributed by atoms with Crippen molar-refractivity contribution in [2.75, 3.05) is 33.4 Å². The van der Waals surface area contributed by atoms with Crippen LogP contribution in [0, 0.1) is 12.3 Å². The van der Waals surface area contributed by atoms with Gasteiger partial charge in [-0.05, 0) is 0 Å². The molecule has 0 N–H and O–H groups in total. The second-order valence-corrected chi connectivity index (χ2v) is 3.53. The lowest BCUT2D eigenvalue weighted by molar-refractivity contribution is -0.145. The number of morpholine rings is 1. The van der Waals surface area contributed by atoms with Crippen molar-refractivity contribution < 1.29 is 14.3 Å².